The number of aryl methyl sites for hydroxylation is 1. The predicted molar refractivity (Wildman–Crippen MR) is 81.7 cm³/mol. The van der Waals surface area contributed by atoms with Crippen molar-refractivity contribution in [2.45, 2.75) is 19.9 Å². The first-order chi connectivity index (χ1) is 9.60. The second-order valence-corrected chi connectivity index (χ2v) is 4.69. The topological polar surface area (TPSA) is 80.0 Å². The van der Waals surface area contributed by atoms with Crippen LogP contribution in [-0.2, 0) is 13.0 Å². The third-order valence-electron chi connectivity index (χ3n) is 2.98. The molecule has 1 aromatic carbocycles. The number of nitrogen functional groups attached to an aromatic ring is 1. The maximum atomic E-state index is 5.69. The summed E-state index contributed by atoms with van der Waals surface area (Å²) >= 11 is 0. The fraction of sp³-hybridized carbons (Fsp3) is 0.357. The van der Waals surface area contributed by atoms with Crippen LogP contribution in [0.3, 0.4) is 0 Å². The summed E-state index contributed by atoms with van der Waals surface area (Å²) in [6.45, 7) is 2.81. The van der Waals surface area contributed by atoms with Crippen LogP contribution in [0.25, 0.3) is 0 Å². The number of nitrogens with zero attached hydrogens (tertiary/aromatic N) is 4. The number of hydrogen-bond acceptors (Lipinski definition) is 6. The van der Waals surface area contributed by atoms with Crippen LogP contribution in [0.1, 0.15) is 18.1 Å². The molecule has 0 saturated carbocycles. The highest BCUT2D eigenvalue weighted by Crippen LogP contribution is 2.13. The number of nitrogens with two attached hydrogens (primary N) is 1. The van der Waals surface area contributed by atoms with Crippen LogP contribution in [-0.4, -0.2) is 29.0 Å². The average Bonchev–Trinajstić information content (AvgIpc) is 2.44. The predicted octanol–water partition coefficient (Wildman–Crippen LogP) is 1.69. The molecule has 0 fully saturated rings. The van der Waals surface area contributed by atoms with Crippen molar-refractivity contribution in [3.63, 3.8) is 0 Å². The highest BCUT2D eigenvalue weighted by molar-refractivity contribution is 5.41. The molecule has 0 bridgehead atoms. The third kappa shape index (κ3) is 3.34. The van der Waals surface area contributed by atoms with Crippen molar-refractivity contribution >= 4 is 17.8 Å². The molecule has 0 unspecified atom stereocenters. The van der Waals surface area contributed by atoms with Crippen LogP contribution >= 0.6 is 0 Å². The molecule has 20 heavy (non-hydrogen) atoms. The van der Waals surface area contributed by atoms with E-state index in [2.05, 4.69) is 39.3 Å². The van der Waals surface area contributed by atoms with E-state index in [1.54, 1.807) is 4.90 Å². The lowest BCUT2D eigenvalue weighted by atomic mass is 10.1. The lowest BCUT2D eigenvalue weighted by Crippen LogP contribution is -2.16. The van der Waals surface area contributed by atoms with Gasteiger partial charge < -0.3 is 16.0 Å². The van der Waals surface area contributed by atoms with Gasteiger partial charge in [-0.2, -0.15) is 15.0 Å². The lowest BCUT2D eigenvalue weighted by Gasteiger charge is -2.13. The Balaban J connectivity index is 2.14. The molecule has 0 saturated heterocycles. The molecule has 0 aliphatic heterocycles. The first-order valence-corrected chi connectivity index (χ1v) is 6.59. The molecule has 1 aromatic heterocycles. The lowest BCUT2D eigenvalue weighted by molar-refractivity contribution is 0.944. The zero-order valence-corrected chi connectivity index (χ0v) is 12.1. The van der Waals surface area contributed by atoms with Gasteiger partial charge in [0.25, 0.3) is 0 Å². The number of anilines is 3. The molecule has 0 radical (unpaired) electrons. The van der Waals surface area contributed by atoms with Crippen molar-refractivity contribution < 1.29 is 0 Å². The van der Waals surface area contributed by atoms with Crippen molar-refractivity contribution in [2.24, 2.45) is 0 Å². The molecule has 0 aliphatic rings. The average molecular weight is 272 g/mol. The van der Waals surface area contributed by atoms with Gasteiger partial charge in [-0.05, 0) is 17.5 Å². The number of aromatic nitrogens is 3. The van der Waals surface area contributed by atoms with Gasteiger partial charge in [0.15, 0.2) is 0 Å². The first-order valence-electron chi connectivity index (χ1n) is 6.59. The van der Waals surface area contributed by atoms with Crippen molar-refractivity contribution in [1.29, 1.82) is 0 Å². The molecule has 6 heteroatoms. The smallest absolute Gasteiger partial charge is 0.231 e. The van der Waals surface area contributed by atoms with E-state index >= 15 is 0 Å². The van der Waals surface area contributed by atoms with Crippen molar-refractivity contribution in [2.75, 3.05) is 30.0 Å². The zero-order chi connectivity index (χ0) is 14.5. The van der Waals surface area contributed by atoms with Crippen LogP contribution < -0.4 is 16.0 Å². The summed E-state index contributed by atoms with van der Waals surface area (Å²) in [5.41, 5.74) is 8.24. The SMILES string of the molecule is CCc1ccccc1CNc1nc(N)nc(N(C)C)n1. The second-order valence-electron chi connectivity index (χ2n) is 4.69. The largest absolute Gasteiger partial charge is 0.368 e. The van der Waals surface area contributed by atoms with Crippen LogP contribution in [0, 0.1) is 0 Å². The highest BCUT2D eigenvalue weighted by Gasteiger charge is 2.06. The summed E-state index contributed by atoms with van der Waals surface area (Å²) in [5.74, 6) is 1.26. The van der Waals surface area contributed by atoms with Crippen LogP contribution in [0.5, 0.6) is 0 Å². The maximum absolute atomic E-state index is 5.69. The van der Waals surface area contributed by atoms with E-state index in [4.69, 9.17) is 5.73 Å². The Morgan fingerprint density at radius 1 is 1.10 bits per heavy atom. The van der Waals surface area contributed by atoms with Crippen LogP contribution in [0.2, 0.25) is 0 Å². The van der Waals surface area contributed by atoms with Gasteiger partial charge in [-0.1, -0.05) is 31.2 Å². The Morgan fingerprint density at radius 2 is 1.80 bits per heavy atom. The number of hydrogen-bond donors (Lipinski definition) is 2. The zero-order valence-electron chi connectivity index (χ0n) is 12.1. The molecule has 0 spiro atoms. The molecular formula is C14H20N6. The fourth-order valence-electron chi connectivity index (χ4n) is 1.91. The molecular weight excluding hydrogens is 252 g/mol. The first kappa shape index (κ1) is 14.0. The van der Waals surface area contributed by atoms with E-state index in [0.717, 1.165) is 6.42 Å². The summed E-state index contributed by atoms with van der Waals surface area (Å²) in [7, 11) is 3.73. The minimum atomic E-state index is 0.218. The van der Waals surface area contributed by atoms with E-state index in [-0.39, 0.29) is 5.95 Å². The fourth-order valence-corrected chi connectivity index (χ4v) is 1.91. The van der Waals surface area contributed by atoms with Gasteiger partial charge in [0.05, 0.1) is 0 Å². The monoisotopic (exact) mass is 272 g/mol. The molecule has 0 aliphatic carbocycles. The maximum Gasteiger partial charge on any atom is 0.231 e. The Kier molecular flexibility index (Phi) is 4.34. The quantitative estimate of drug-likeness (QED) is 0.862. The Morgan fingerprint density at radius 3 is 2.45 bits per heavy atom. The van der Waals surface area contributed by atoms with E-state index < -0.39 is 0 Å². The van der Waals surface area contributed by atoms with Crippen LogP contribution in [0.4, 0.5) is 17.8 Å². The standard InChI is InChI=1S/C14H20N6/c1-4-10-7-5-6-8-11(10)9-16-13-17-12(15)18-14(19-13)20(2)3/h5-8H,4,9H2,1-3H3,(H3,15,16,17,18,19). The molecule has 6 nitrogen and oxygen atoms in total. The molecule has 0 atom stereocenters. The van der Waals surface area contributed by atoms with Crippen LogP contribution in [0.15, 0.2) is 24.3 Å². The van der Waals surface area contributed by atoms with Gasteiger partial charge in [-0.25, -0.2) is 0 Å². The minimum Gasteiger partial charge on any atom is -0.368 e. The van der Waals surface area contributed by atoms with E-state index in [1.807, 2.05) is 26.2 Å². The number of nitrogens with one attached hydrogen (secondary N) is 1. The Bertz CT molecular complexity index is 582. The van der Waals surface area contributed by atoms with E-state index in [9.17, 15) is 0 Å². The highest BCUT2D eigenvalue weighted by atomic mass is 15.3. The van der Waals surface area contributed by atoms with E-state index in [1.165, 1.54) is 11.1 Å². The normalized spacial score (nSPS) is 10.3. The van der Waals surface area contributed by atoms with Gasteiger partial charge in [-0.3, -0.25) is 0 Å². The third-order valence-corrected chi connectivity index (χ3v) is 2.98. The molecule has 1 heterocycles. The molecule has 2 aromatic rings. The van der Waals surface area contributed by atoms with Crippen molar-refractivity contribution in [3.8, 4) is 0 Å². The number of benzene rings is 1. The van der Waals surface area contributed by atoms with E-state index in [0.29, 0.717) is 18.4 Å². The Hall–Kier alpha value is -2.37. The van der Waals surface area contributed by atoms with Gasteiger partial charge in [-0.15, -0.1) is 0 Å². The Labute approximate surface area is 119 Å². The second kappa shape index (κ2) is 6.18. The van der Waals surface area contributed by atoms with Gasteiger partial charge in [0, 0.05) is 20.6 Å². The van der Waals surface area contributed by atoms with Crippen molar-refractivity contribution in [1.82, 2.24) is 15.0 Å². The van der Waals surface area contributed by atoms with Gasteiger partial charge in [0.1, 0.15) is 0 Å². The molecule has 3 N–H and O–H groups in total. The minimum absolute atomic E-state index is 0.218. The van der Waals surface area contributed by atoms with Gasteiger partial charge >= 0.3 is 0 Å². The number of rotatable bonds is 5. The van der Waals surface area contributed by atoms with Crippen molar-refractivity contribution in [3.05, 3.63) is 35.4 Å². The molecule has 0 amide bonds. The summed E-state index contributed by atoms with van der Waals surface area (Å²) in [5, 5.41) is 3.20. The summed E-state index contributed by atoms with van der Waals surface area (Å²) in [6, 6.07) is 8.31. The molecule has 106 valence electrons. The van der Waals surface area contributed by atoms with Gasteiger partial charge in [0.2, 0.25) is 17.8 Å². The summed E-state index contributed by atoms with van der Waals surface area (Å²) < 4.78 is 0. The molecule has 2 rings (SSSR count). The summed E-state index contributed by atoms with van der Waals surface area (Å²) in [6.07, 6.45) is 1.00. The summed E-state index contributed by atoms with van der Waals surface area (Å²) in [4.78, 5) is 14.3.